The molecule has 0 aliphatic carbocycles. The molecule has 0 radical (unpaired) electrons. The van der Waals surface area contributed by atoms with E-state index < -0.39 is 0 Å². The molecule has 0 bridgehead atoms. The monoisotopic (exact) mass is 564 g/mol. The smallest absolute Gasteiger partial charge is 0.262 e. The Hall–Kier alpha value is -3.63. The lowest BCUT2D eigenvalue weighted by Gasteiger charge is -2.32. The molecule has 3 aliphatic heterocycles. The number of carbonyl (C=O) groups is 2. The van der Waals surface area contributed by atoms with Crippen molar-refractivity contribution in [3.63, 3.8) is 0 Å². The summed E-state index contributed by atoms with van der Waals surface area (Å²) in [5, 5.41) is 6.37. The Morgan fingerprint density at radius 2 is 1.78 bits per heavy atom. The largest absolute Gasteiger partial charge is 0.497 e. The van der Waals surface area contributed by atoms with E-state index in [1.807, 2.05) is 63.2 Å². The fourth-order valence-corrected chi connectivity index (χ4v) is 5.26. The van der Waals surface area contributed by atoms with Crippen LogP contribution in [0.4, 0.5) is 0 Å². The second kappa shape index (κ2) is 12.5. The zero-order chi connectivity index (χ0) is 29.0. The van der Waals surface area contributed by atoms with Crippen molar-refractivity contribution in [2.45, 2.75) is 39.7 Å². The molecule has 3 aliphatic rings. The van der Waals surface area contributed by atoms with E-state index in [9.17, 15) is 9.59 Å². The van der Waals surface area contributed by atoms with Gasteiger partial charge in [-0.2, -0.15) is 5.10 Å². The van der Waals surface area contributed by atoms with E-state index in [0.29, 0.717) is 50.6 Å². The maximum absolute atomic E-state index is 14.0. The number of rotatable bonds is 9. The molecule has 1 unspecified atom stereocenters. The molecule has 3 heterocycles. The van der Waals surface area contributed by atoms with Gasteiger partial charge in [0.1, 0.15) is 12.3 Å². The highest BCUT2D eigenvalue weighted by Gasteiger charge is 2.36. The summed E-state index contributed by atoms with van der Waals surface area (Å²) >= 11 is 0. The summed E-state index contributed by atoms with van der Waals surface area (Å²) in [6.07, 6.45) is 0.886. The Bertz CT molecular complexity index is 1270. The van der Waals surface area contributed by atoms with Gasteiger partial charge in [0.15, 0.2) is 11.5 Å². The zero-order valence-corrected chi connectivity index (χ0v) is 24.4. The minimum atomic E-state index is -0.340. The van der Waals surface area contributed by atoms with Crippen LogP contribution in [0.1, 0.15) is 50.8 Å². The highest BCUT2D eigenvalue weighted by atomic mass is 16.7. The van der Waals surface area contributed by atoms with Crippen molar-refractivity contribution in [1.82, 2.24) is 14.8 Å². The number of carbonyl (C=O) groups excluding carboxylic acids is 2. The van der Waals surface area contributed by atoms with Crippen LogP contribution in [0, 0.1) is 5.41 Å². The molecule has 10 heteroatoms. The molecule has 0 saturated carbocycles. The minimum Gasteiger partial charge on any atom is -0.497 e. The van der Waals surface area contributed by atoms with Gasteiger partial charge in [-0.05, 0) is 52.9 Å². The Morgan fingerprint density at radius 1 is 1.05 bits per heavy atom. The molecule has 41 heavy (non-hydrogen) atoms. The van der Waals surface area contributed by atoms with Gasteiger partial charge in [-0.25, -0.2) is 5.01 Å². The average molecular weight is 565 g/mol. The summed E-state index contributed by atoms with van der Waals surface area (Å²) in [6, 6.07) is 13.1. The molecule has 10 nitrogen and oxygen atoms in total. The standard InChI is InChI=1S/C31H40N4O6/c1-31(2,3)19-29(36)34(12-11-33-13-15-39-16-14-33)20-30(37)35-26(23-7-10-27-28(17-23)41-21-40-27)18-25(32-35)22-5-8-24(38-4)9-6-22/h5-10,17,26H,11-16,18-21H2,1-4H3. The van der Waals surface area contributed by atoms with Crippen molar-refractivity contribution < 1.29 is 28.5 Å². The van der Waals surface area contributed by atoms with Crippen LogP contribution in [0.5, 0.6) is 17.2 Å². The molecule has 2 aromatic carbocycles. The maximum Gasteiger partial charge on any atom is 0.262 e. The topological polar surface area (TPSA) is 93.1 Å². The second-order valence-electron chi connectivity index (χ2n) is 11.9. The van der Waals surface area contributed by atoms with Crippen molar-refractivity contribution in [2.24, 2.45) is 10.5 Å². The van der Waals surface area contributed by atoms with Crippen LogP contribution < -0.4 is 14.2 Å². The second-order valence-corrected chi connectivity index (χ2v) is 11.9. The van der Waals surface area contributed by atoms with E-state index in [-0.39, 0.29) is 36.6 Å². The molecule has 1 fully saturated rings. The van der Waals surface area contributed by atoms with Crippen LogP contribution in [0.2, 0.25) is 0 Å². The summed E-state index contributed by atoms with van der Waals surface area (Å²) in [4.78, 5) is 31.4. The fraction of sp³-hybridized carbons (Fsp3) is 0.516. The van der Waals surface area contributed by atoms with E-state index in [1.54, 1.807) is 17.0 Å². The first-order valence-corrected chi connectivity index (χ1v) is 14.2. The summed E-state index contributed by atoms with van der Waals surface area (Å²) in [5.41, 5.74) is 2.42. The summed E-state index contributed by atoms with van der Waals surface area (Å²) in [6.45, 7) is 10.4. The maximum atomic E-state index is 14.0. The van der Waals surface area contributed by atoms with E-state index in [2.05, 4.69) is 4.90 Å². The number of benzene rings is 2. The van der Waals surface area contributed by atoms with E-state index in [0.717, 1.165) is 35.7 Å². The predicted octanol–water partition coefficient (Wildman–Crippen LogP) is 3.70. The first-order chi connectivity index (χ1) is 19.7. The summed E-state index contributed by atoms with van der Waals surface area (Å²) in [5.74, 6) is 1.84. The lowest BCUT2D eigenvalue weighted by molar-refractivity contribution is -0.142. The van der Waals surface area contributed by atoms with Crippen molar-refractivity contribution in [3.8, 4) is 17.2 Å². The molecule has 0 N–H and O–H groups in total. The van der Waals surface area contributed by atoms with Gasteiger partial charge in [-0.15, -0.1) is 0 Å². The zero-order valence-electron chi connectivity index (χ0n) is 24.4. The normalized spacial score (nSPS) is 18.8. The molecular weight excluding hydrogens is 524 g/mol. The van der Waals surface area contributed by atoms with Gasteiger partial charge in [-0.1, -0.05) is 26.8 Å². The number of fused-ring (bicyclic) bond motifs is 1. The molecule has 0 spiro atoms. The van der Waals surface area contributed by atoms with Crippen LogP contribution >= 0.6 is 0 Å². The number of amides is 2. The third-order valence-electron chi connectivity index (χ3n) is 7.52. The van der Waals surface area contributed by atoms with Crippen molar-refractivity contribution in [1.29, 1.82) is 0 Å². The number of hydrogen-bond donors (Lipinski definition) is 0. The lowest BCUT2D eigenvalue weighted by Crippen LogP contribution is -2.47. The molecule has 5 rings (SSSR count). The number of hydrazone groups is 1. The predicted molar refractivity (Wildman–Crippen MR) is 154 cm³/mol. The summed E-state index contributed by atoms with van der Waals surface area (Å²) < 4.78 is 21.9. The Labute approximate surface area is 241 Å². The van der Waals surface area contributed by atoms with Gasteiger partial charge in [0, 0.05) is 39.0 Å². The highest BCUT2D eigenvalue weighted by molar-refractivity contribution is 6.03. The number of morpholine rings is 1. The third kappa shape index (κ3) is 7.18. The number of methoxy groups -OCH3 is 1. The van der Waals surface area contributed by atoms with E-state index >= 15 is 0 Å². The molecular formula is C31H40N4O6. The van der Waals surface area contributed by atoms with Gasteiger partial charge >= 0.3 is 0 Å². The Balaban J connectivity index is 1.39. The Morgan fingerprint density at radius 3 is 2.49 bits per heavy atom. The van der Waals surface area contributed by atoms with Gasteiger partial charge in [-0.3, -0.25) is 14.5 Å². The van der Waals surface area contributed by atoms with Crippen LogP contribution in [0.15, 0.2) is 47.6 Å². The van der Waals surface area contributed by atoms with Crippen molar-refractivity contribution in [2.75, 3.05) is 59.8 Å². The van der Waals surface area contributed by atoms with Crippen LogP contribution in [-0.2, 0) is 14.3 Å². The fourth-order valence-electron chi connectivity index (χ4n) is 5.26. The van der Waals surface area contributed by atoms with Crippen LogP contribution in [0.3, 0.4) is 0 Å². The SMILES string of the molecule is COc1ccc(C2=NN(C(=O)CN(CCN3CCOCC3)C(=O)CC(C)(C)C)C(c3ccc4c(c3)OCO4)C2)cc1. The van der Waals surface area contributed by atoms with Crippen molar-refractivity contribution in [3.05, 3.63) is 53.6 Å². The lowest BCUT2D eigenvalue weighted by atomic mass is 9.91. The van der Waals surface area contributed by atoms with Crippen LogP contribution in [0.25, 0.3) is 0 Å². The van der Waals surface area contributed by atoms with Gasteiger partial charge in [0.05, 0.1) is 32.1 Å². The molecule has 1 atom stereocenters. The average Bonchev–Trinajstić information content (AvgIpc) is 3.62. The highest BCUT2D eigenvalue weighted by Crippen LogP contribution is 2.39. The quantitative estimate of drug-likeness (QED) is 0.459. The van der Waals surface area contributed by atoms with E-state index in [1.165, 1.54) is 0 Å². The van der Waals surface area contributed by atoms with Gasteiger partial charge in [0.25, 0.3) is 5.91 Å². The first-order valence-electron chi connectivity index (χ1n) is 14.2. The van der Waals surface area contributed by atoms with Gasteiger partial charge < -0.3 is 23.8 Å². The summed E-state index contributed by atoms with van der Waals surface area (Å²) in [7, 11) is 1.63. The third-order valence-corrected chi connectivity index (χ3v) is 7.52. The first kappa shape index (κ1) is 28.9. The number of ether oxygens (including phenoxy) is 4. The number of nitrogens with zero attached hydrogens (tertiary/aromatic N) is 4. The van der Waals surface area contributed by atoms with E-state index in [4.69, 9.17) is 24.0 Å². The van der Waals surface area contributed by atoms with Crippen molar-refractivity contribution >= 4 is 17.5 Å². The molecule has 220 valence electrons. The molecule has 0 aromatic heterocycles. The molecule has 2 aromatic rings. The number of hydrogen-bond acceptors (Lipinski definition) is 8. The minimum absolute atomic E-state index is 0.0303. The van der Waals surface area contributed by atoms with Gasteiger partial charge in [0.2, 0.25) is 12.7 Å². The Kier molecular flexibility index (Phi) is 8.79. The molecule has 1 saturated heterocycles. The van der Waals surface area contributed by atoms with Crippen LogP contribution in [-0.4, -0.2) is 92.2 Å². The molecule has 2 amide bonds.